The first-order valence-electron chi connectivity index (χ1n) is 8.93. The van der Waals surface area contributed by atoms with Gasteiger partial charge in [0.2, 0.25) is 17.2 Å². The van der Waals surface area contributed by atoms with Gasteiger partial charge in [-0.15, -0.1) is 0 Å². The second kappa shape index (κ2) is 7.38. The predicted octanol–water partition coefficient (Wildman–Crippen LogP) is 1.45. The Morgan fingerprint density at radius 3 is 2.80 bits per heavy atom. The molecule has 0 amide bonds. The van der Waals surface area contributed by atoms with Crippen molar-refractivity contribution in [2.45, 2.75) is 44.8 Å². The third-order valence-electron chi connectivity index (χ3n) is 4.88. The maximum Gasteiger partial charge on any atom is 0.223 e. The van der Waals surface area contributed by atoms with Gasteiger partial charge in [0.25, 0.3) is 0 Å². The van der Waals surface area contributed by atoms with Gasteiger partial charge in [0.1, 0.15) is 5.60 Å². The molecule has 3 aliphatic rings. The molecule has 0 aromatic heterocycles. The van der Waals surface area contributed by atoms with E-state index in [0.29, 0.717) is 17.9 Å². The van der Waals surface area contributed by atoms with Gasteiger partial charge in [0, 0.05) is 38.0 Å². The number of allylic oxidation sites excluding steroid dienone is 4. The predicted molar refractivity (Wildman–Crippen MR) is 96.2 cm³/mol. The molecule has 1 spiro atoms. The molecule has 25 heavy (non-hydrogen) atoms. The van der Waals surface area contributed by atoms with Crippen LogP contribution in [0.5, 0.6) is 0 Å². The number of carbonyl (C=O) groups excluding carboxylic acids is 1. The quantitative estimate of drug-likeness (QED) is 0.588. The summed E-state index contributed by atoms with van der Waals surface area (Å²) in [5.41, 5.74) is 7.40. The Morgan fingerprint density at radius 2 is 2.20 bits per heavy atom. The number of nitrogens with one attached hydrogen (secondary N) is 1. The Bertz CT molecular complexity index is 724. The number of nitrogens with zero attached hydrogens (tertiary/aromatic N) is 1. The number of ketones is 1. The van der Waals surface area contributed by atoms with Crippen LogP contribution in [0, 0.1) is 5.41 Å². The molecule has 132 valence electrons. The molecule has 0 atom stereocenters. The molecule has 5 nitrogen and oxygen atoms in total. The van der Waals surface area contributed by atoms with Gasteiger partial charge in [-0.3, -0.25) is 9.69 Å². The summed E-state index contributed by atoms with van der Waals surface area (Å²) < 4.78 is 6.19. The van der Waals surface area contributed by atoms with Crippen molar-refractivity contribution in [3.05, 3.63) is 46.7 Å². The molecule has 0 saturated carbocycles. The van der Waals surface area contributed by atoms with E-state index in [9.17, 15) is 4.79 Å². The van der Waals surface area contributed by atoms with Crippen LogP contribution in [0.25, 0.3) is 0 Å². The van der Waals surface area contributed by atoms with Gasteiger partial charge in [0.05, 0.1) is 18.7 Å². The maximum atomic E-state index is 12.6. The van der Waals surface area contributed by atoms with Gasteiger partial charge in [-0.25, -0.2) is 0 Å². The van der Waals surface area contributed by atoms with Crippen LogP contribution in [-0.4, -0.2) is 48.2 Å². The summed E-state index contributed by atoms with van der Waals surface area (Å²) in [7, 11) is 0. The lowest BCUT2D eigenvalue weighted by molar-refractivity contribution is -0.633. The summed E-state index contributed by atoms with van der Waals surface area (Å²) in [6.07, 6.45) is 9.12. The molecule has 1 aliphatic carbocycles. The van der Waals surface area contributed by atoms with Gasteiger partial charge in [-0.05, 0) is 26.0 Å². The first kappa shape index (κ1) is 17.7. The van der Waals surface area contributed by atoms with E-state index in [1.54, 1.807) is 0 Å². The number of carbonyl (C=O) groups is 1. The number of nitrogens with two attached hydrogens (primary N) is 1. The van der Waals surface area contributed by atoms with Crippen LogP contribution in [0.15, 0.2) is 46.7 Å². The Labute approximate surface area is 148 Å². The SMILES string of the molecule is CC(C)[NH2+]C1=C(C=N)OC2(CCN(CC3=C=C=CC=C3)CC2)CC1=O. The highest BCUT2D eigenvalue weighted by molar-refractivity contribution is 5.99. The van der Waals surface area contributed by atoms with Gasteiger partial charge in [0.15, 0.2) is 0 Å². The number of rotatable bonds is 5. The summed E-state index contributed by atoms with van der Waals surface area (Å²) in [6.45, 7) is 6.67. The van der Waals surface area contributed by atoms with E-state index in [1.807, 2.05) is 31.3 Å². The normalized spacial score (nSPS) is 22.5. The monoisotopic (exact) mass is 340 g/mol. The van der Waals surface area contributed by atoms with Gasteiger partial charge >= 0.3 is 0 Å². The first-order chi connectivity index (χ1) is 12.0. The van der Waals surface area contributed by atoms with Crippen molar-refractivity contribution in [3.63, 3.8) is 0 Å². The number of likely N-dealkylation sites (tertiary alicyclic amines) is 1. The molecule has 3 N–H and O–H groups in total. The lowest BCUT2D eigenvalue weighted by Crippen LogP contribution is -2.88. The zero-order valence-corrected chi connectivity index (χ0v) is 15.0. The Kier molecular flexibility index (Phi) is 5.22. The topological polar surface area (TPSA) is 70.0 Å². The zero-order chi connectivity index (χ0) is 17.9. The summed E-state index contributed by atoms with van der Waals surface area (Å²) in [6, 6.07) is 0.257. The van der Waals surface area contributed by atoms with Crippen molar-refractivity contribution >= 4 is 12.0 Å². The van der Waals surface area contributed by atoms with Gasteiger partial charge in [-0.2, -0.15) is 0 Å². The first-order valence-corrected chi connectivity index (χ1v) is 8.93. The minimum atomic E-state index is -0.443. The van der Waals surface area contributed by atoms with Gasteiger partial charge in [-0.1, -0.05) is 17.5 Å². The maximum absolute atomic E-state index is 12.6. The van der Waals surface area contributed by atoms with E-state index >= 15 is 0 Å². The molecule has 1 saturated heterocycles. The highest BCUT2D eigenvalue weighted by Crippen LogP contribution is 2.36. The summed E-state index contributed by atoms with van der Waals surface area (Å²) in [5, 5.41) is 9.56. The third kappa shape index (κ3) is 4.09. The average molecular weight is 340 g/mol. The lowest BCUT2D eigenvalue weighted by Gasteiger charge is -2.43. The third-order valence-corrected chi connectivity index (χ3v) is 4.88. The molecule has 3 rings (SSSR count). The van der Waals surface area contributed by atoms with Crippen LogP contribution < -0.4 is 5.32 Å². The molecule has 1 fully saturated rings. The van der Waals surface area contributed by atoms with Crippen LogP contribution in [0.1, 0.15) is 33.1 Å². The van der Waals surface area contributed by atoms with Crippen molar-refractivity contribution < 1.29 is 14.8 Å². The summed E-state index contributed by atoms with van der Waals surface area (Å²) in [5.74, 6) is 0.544. The van der Waals surface area contributed by atoms with E-state index in [-0.39, 0.29) is 11.8 Å². The highest BCUT2D eigenvalue weighted by atomic mass is 16.5. The minimum Gasteiger partial charge on any atom is -0.479 e. The molecule has 0 aromatic carbocycles. The summed E-state index contributed by atoms with van der Waals surface area (Å²) in [4.78, 5) is 15.0. The van der Waals surface area contributed by atoms with Gasteiger partial charge < -0.3 is 15.5 Å². The van der Waals surface area contributed by atoms with E-state index in [4.69, 9.17) is 10.1 Å². The van der Waals surface area contributed by atoms with E-state index < -0.39 is 5.60 Å². The van der Waals surface area contributed by atoms with Crippen LogP contribution in [0.2, 0.25) is 0 Å². The zero-order valence-electron chi connectivity index (χ0n) is 15.0. The molecule has 0 aromatic rings. The Balaban J connectivity index is 1.67. The molecule has 2 aliphatic heterocycles. The number of quaternary nitrogens is 1. The Hall–Kier alpha value is -2.16. The fraction of sp³-hybridized carbons (Fsp3) is 0.500. The number of piperidine rings is 1. The number of hydrogen-bond donors (Lipinski definition) is 2. The molecule has 5 heteroatoms. The second-order valence-electron chi connectivity index (χ2n) is 7.31. The van der Waals surface area contributed by atoms with Crippen molar-refractivity contribution in [1.29, 1.82) is 5.41 Å². The van der Waals surface area contributed by atoms with Crippen molar-refractivity contribution in [3.8, 4) is 0 Å². The van der Waals surface area contributed by atoms with E-state index in [2.05, 4.69) is 22.4 Å². The minimum absolute atomic E-state index is 0.109. The number of Topliss-reactive ketones (excluding diaryl/α,β-unsaturated/α-hetero) is 1. The number of hydrogen-bond acceptors (Lipinski definition) is 4. The molecule has 0 radical (unpaired) electrons. The Morgan fingerprint density at radius 1 is 1.44 bits per heavy atom. The molecular formula is C20H26N3O2+. The van der Waals surface area contributed by atoms with Crippen LogP contribution in [0.4, 0.5) is 0 Å². The second-order valence-corrected chi connectivity index (χ2v) is 7.31. The van der Waals surface area contributed by atoms with Crippen molar-refractivity contribution in [2.75, 3.05) is 19.6 Å². The smallest absolute Gasteiger partial charge is 0.223 e. The van der Waals surface area contributed by atoms with Crippen LogP contribution in [0.3, 0.4) is 0 Å². The summed E-state index contributed by atoms with van der Waals surface area (Å²) >= 11 is 0. The van der Waals surface area contributed by atoms with Crippen molar-refractivity contribution in [1.82, 2.24) is 4.90 Å². The average Bonchev–Trinajstić information content (AvgIpc) is 2.60. The molecule has 0 unspecified atom stereocenters. The van der Waals surface area contributed by atoms with Crippen LogP contribution >= 0.6 is 0 Å². The van der Waals surface area contributed by atoms with Crippen LogP contribution in [-0.2, 0) is 9.53 Å². The van der Waals surface area contributed by atoms with Crippen molar-refractivity contribution in [2.24, 2.45) is 0 Å². The largest absolute Gasteiger partial charge is 0.479 e. The standard InChI is InChI=1S/C20H25N3O2/c1-15(2)22-19-17(24)12-20(25-18(19)13-21)8-10-23(11-9-20)14-16-6-4-3-5-7-16/h3-4,6,13,15,21-22H,8-12,14H2,1-2H3/p+1. The molecular weight excluding hydrogens is 314 g/mol. The highest BCUT2D eigenvalue weighted by Gasteiger charge is 2.45. The number of ether oxygens (including phenoxy) is 1. The van der Waals surface area contributed by atoms with E-state index in [1.165, 1.54) is 6.21 Å². The fourth-order valence-electron chi connectivity index (χ4n) is 3.58. The molecule has 2 heterocycles. The fourth-order valence-corrected chi connectivity index (χ4v) is 3.58. The van der Waals surface area contributed by atoms with E-state index in [0.717, 1.165) is 38.0 Å². The lowest BCUT2D eigenvalue weighted by atomic mass is 9.83. The molecule has 0 bridgehead atoms.